The number of Topliss-reactive ketones (excluding diaryl/α,β-unsaturated/α-hetero) is 1. The molecule has 3 unspecified atom stereocenters. The maximum atomic E-state index is 13.2. The molecule has 2 aliphatic heterocycles. The van der Waals surface area contributed by atoms with Crippen molar-refractivity contribution in [2.24, 2.45) is 17.3 Å². The van der Waals surface area contributed by atoms with E-state index in [1.54, 1.807) is 20.8 Å². The zero-order valence-electron chi connectivity index (χ0n) is 24.0. The molecule has 6 nitrogen and oxygen atoms in total. The summed E-state index contributed by atoms with van der Waals surface area (Å²) in [6, 6.07) is 9.85. The van der Waals surface area contributed by atoms with Crippen molar-refractivity contribution in [2.75, 3.05) is 0 Å². The maximum absolute atomic E-state index is 13.2. The molecule has 2 fully saturated rings. The fourth-order valence-corrected chi connectivity index (χ4v) is 5.20. The van der Waals surface area contributed by atoms with Crippen LogP contribution in [0, 0.1) is 17.3 Å². The van der Waals surface area contributed by atoms with Crippen LogP contribution >= 0.6 is 0 Å². The van der Waals surface area contributed by atoms with Gasteiger partial charge in [-0.25, -0.2) is 0 Å². The van der Waals surface area contributed by atoms with Crippen molar-refractivity contribution in [3.8, 4) is 0 Å². The molecule has 1 aromatic carbocycles. The predicted octanol–water partition coefficient (Wildman–Crippen LogP) is 5.74. The molecule has 0 saturated carbocycles. The lowest BCUT2D eigenvalue weighted by molar-refractivity contribution is -0.154. The molecule has 6 heteroatoms. The van der Waals surface area contributed by atoms with E-state index in [9.17, 15) is 19.8 Å². The molecule has 0 bridgehead atoms. The summed E-state index contributed by atoms with van der Waals surface area (Å²) in [5.74, 6) is -1.52. The molecular weight excluding hydrogens is 468 g/mol. The molecule has 0 radical (unpaired) electrons. The van der Waals surface area contributed by atoms with E-state index in [1.807, 2.05) is 64.1 Å². The highest BCUT2D eigenvalue weighted by molar-refractivity contribution is 5.88. The normalized spacial score (nSPS) is 35.5. The molecule has 2 saturated heterocycles. The first-order chi connectivity index (χ1) is 17.3. The SMILES string of the molecule is C/C(=C\c1ccccc1)[C@@H]1C[C@@H]2O[C@]2(C)CCCC(C)[C@H](O)C(C)C(=O)C(C)(C)C(O)CC(=O)O1.CC. The molecular formula is C31H48O6. The third kappa shape index (κ3) is 7.98. The molecule has 0 amide bonds. The molecule has 0 aromatic heterocycles. The van der Waals surface area contributed by atoms with Crippen LogP contribution in [0.15, 0.2) is 35.9 Å². The van der Waals surface area contributed by atoms with Crippen molar-refractivity contribution in [3.63, 3.8) is 0 Å². The van der Waals surface area contributed by atoms with Crippen LogP contribution in [0.2, 0.25) is 0 Å². The van der Waals surface area contributed by atoms with E-state index < -0.39 is 35.6 Å². The number of fused-ring (bicyclic) bond motifs is 1. The van der Waals surface area contributed by atoms with Gasteiger partial charge in [0.05, 0.1) is 35.7 Å². The lowest BCUT2D eigenvalue weighted by Gasteiger charge is -2.34. The summed E-state index contributed by atoms with van der Waals surface area (Å²) in [6.07, 6.45) is 2.16. The van der Waals surface area contributed by atoms with E-state index in [0.717, 1.165) is 30.4 Å². The van der Waals surface area contributed by atoms with Crippen LogP contribution in [0.5, 0.6) is 0 Å². The lowest BCUT2D eigenvalue weighted by Crippen LogP contribution is -2.45. The molecule has 2 aliphatic rings. The molecule has 1 aromatic rings. The molecule has 0 aliphatic carbocycles. The standard InChI is InChI=1S/C29H42O6.C2H6/c1-18-11-10-14-29(6)24(35-29)16-22(19(2)15-21-12-8-7-9-13-21)34-25(31)17-23(30)28(4,5)27(33)20(3)26(18)32;1-2/h7-9,12-13,15,18,20,22-24,26,30,32H,10-11,14,16-17H2,1-6H3;1-2H3/b19-15+;/t18?,20?,22-,23?,24-,26-,29+;/m0./s1. The first kappa shape index (κ1) is 31.2. The number of aliphatic hydroxyl groups is 2. The van der Waals surface area contributed by atoms with Gasteiger partial charge in [0.2, 0.25) is 0 Å². The fourth-order valence-electron chi connectivity index (χ4n) is 5.20. The predicted molar refractivity (Wildman–Crippen MR) is 147 cm³/mol. The van der Waals surface area contributed by atoms with Gasteiger partial charge in [0.1, 0.15) is 11.9 Å². The summed E-state index contributed by atoms with van der Waals surface area (Å²) in [5.41, 5.74) is 0.431. The van der Waals surface area contributed by atoms with E-state index in [2.05, 4.69) is 6.92 Å². The molecule has 2 heterocycles. The van der Waals surface area contributed by atoms with E-state index in [-0.39, 0.29) is 29.8 Å². The van der Waals surface area contributed by atoms with Crippen LogP contribution in [0.25, 0.3) is 6.08 Å². The highest BCUT2D eigenvalue weighted by atomic mass is 16.6. The first-order valence-corrected chi connectivity index (χ1v) is 13.9. The summed E-state index contributed by atoms with van der Waals surface area (Å²) >= 11 is 0. The van der Waals surface area contributed by atoms with Crippen LogP contribution in [-0.4, -0.2) is 52.0 Å². The number of esters is 1. The number of carbonyl (C=O) groups is 2. The zero-order chi connectivity index (χ0) is 28.0. The van der Waals surface area contributed by atoms with Gasteiger partial charge in [-0.1, -0.05) is 84.4 Å². The number of aliphatic hydroxyl groups excluding tert-OH is 2. The van der Waals surface area contributed by atoms with Crippen molar-refractivity contribution in [1.82, 2.24) is 0 Å². The van der Waals surface area contributed by atoms with Gasteiger partial charge in [-0.15, -0.1) is 0 Å². The molecule has 37 heavy (non-hydrogen) atoms. The second-order valence-corrected chi connectivity index (χ2v) is 11.4. The Hall–Kier alpha value is -2.02. The van der Waals surface area contributed by atoms with Crippen molar-refractivity contribution in [2.45, 2.75) is 118 Å². The number of carbonyl (C=O) groups excluding carboxylic acids is 2. The molecule has 208 valence electrons. The van der Waals surface area contributed by atoms with Gasteiger partial charge in [-0.05, 0) is 43.7 Å². The van der Waals surface area contributed by atoms with Crippen LogP contribution in [0.4, 0.5) is 0 Å². The van der Waals surface area contributed by atoms with E-state index in [1.165, 1.54) is 0 Å². The lowest BCUT2D eigenvalue weighted by atomic mass is 9.73. The Morgan fingerprint density at radius 3 is 2.30 bits per heavy atom. The van der Waals surface area contributed by atoms with Crippen LogP contribution in [0.3, 0.4) is 0 Å². The highest BCUT2D eigenvalue weighted by Gasteiger charge is 2.53. The summed E-state index contributed by atoms with van der Waals surface area (Å²) in [4.78, 5) is 26.2. The minimum absolute atomic E-state index is 0.0329. The van der Waals surface area contributed by atoms with Gasteiger partial charge in [-0.2, -0.15) is 0 Å². The van der Waals surface area contributed by atoms with Gasteiger partial charge in [0, 0.05) is 12.3 Å². The highest BCUT2D eigenvalue weighted by Crippen LogP contribution is 2.45. The Morgan fingerprint density at radius 2 is 1.68 bits per heavy atom. The average Bonchev–Trinajstić information content (AvgIpc) is 3.51. The molecule has 7 atom stereocenters. The summed E-state index contributed by atoms with van der Waals surface area (Å²) in [6.45, 7) is 14.9. The number of ketones is 1. The van der Waals surface area contributed by atoms with Gasteiger partial charge in [0.15, 0.2) is 0 Å². The van der Waals surface area contributed by atoms with Crippen molar-refractivity contribution in [1.29, 1.82) is 0 Å². The summed E-state index contributed by atoms with van der Waals surface area (Å²) in [5, 5.41) is 21.7. The number of cyclic esters (lactones) is 1. The Kier molecular flexibility index (Phi) is 11.1. The number of rotatable bonds is 2. The number of ether oxygens (including phenoxy) is 2. The number of benzene rings is 1. The van der Waals surface area contributed by atoms with E-state index in [0.29, 0.717) is 6.42 Å². The molecule has 3 rings (SSSR count). The third-order valence-corrected chi connectivity index (χ3v) is 8.11. The molecule has 2 N–H and O–H groups in total. The van der Waals surface area contributed by atoms with Crippen LogP contribution in [-0.2, 0) is 19.1 Å². The van der Waals surface area contributed by atoms with Gasteiger partial charge < -0.3 is 19.7 Å². The van der Waals surface area contributed by atoms with Crippen molar-refractivity contribution < 1.29 is 29.3 Å². The van der Waals surface area contributed by atoms with E-state index in [4.69, 9.17) is 9.47 Å². The minimum Gasteiger partial charge on any atom is -0.458 e. The zero-order valence-corrected chi connectivity index (χ0v) is 24.0. The largest absolute Gasteiger partial charge is 0.458 e. The Balaban J connectivity index is 0.00000235. The van der Waals surface area contributed by atoms with Gasteiger partial charge >= 0.3 is 5.97 Å². The van der Waals surface area contributed by atoms with Crippen molar-refractivity contribution >= 4 is 17.8 Å². The monoisotopic (exact) mass is 516 g/mol. The Bertz CT molecular complexity index is 923. The fraction of sp³-hybridized carbons (Fsp3) is 0.677. The first-order valence-electron chi connectivity index (χ1n) is 13.9. The number of hydrogen-bond acceptors (Lipinski definition) is 6. The Labute approximate surface area is 223 Å². The van der Waals surface area contributed by atoms with E-state index >= 15 is 0 Å². The van der Waals surface area contributed by atoms with Crippen molar-refractivity contribution in [3.05, 3.63) is 41.5 Å². The third-order valence-electron chi connectivity index (χ3n) is 8.11. The topological polar surface area (TPSA) is 96.4 Å². The quantitative estimate of drug-likeness (QED) is 0.384. The van der Waals surface area contributed by atoms with Crippen LogP contribution < -0.4 is 0 Å². The second-order valence-electron chi connectivity index (χ2n) is 11.4. The smallest absolute Gasteiger partial charge is 0.309 e. The second kappa shape index (κ2) is 13.2. The van der Waals surface area contributed by atoms with Crippen LogP contribution in [0.1, 0.15) is 93.1 Å². The summed E-state index contributed by atoms with van der Waals surface area (Å²) in [7, 11) is 0. The summed E-state index contributed by atoms with van der Waals surface area (Å²) < 4.78 is 11.9. The van der Waals surface area contributed by atoms with Gasteiger partial charge in [-0.3, -0.25) is 9.59 Å². The molecule has 0 spiro atoms. The maximum Gasteiger partial charge on any atom is 0.309 e. The Morgan fingerprint density at radius 1 is 1.05 bits per heavy atom. The van der Waals surface area contributed by atoms with Gasteiger partial charge in [0.25, 0.3) is 0 Å². The minimum atomic E-state index is -1.22. The average molecular weight is 517 g/mol. The number of epoxide rings is 1. The number of hydrogen-bond donors (Lipinski definition) is 2.